The van der Waals surface area contributed by atoms with E-state index in [-0.39, 0.29) is 24.0 Å². The van der Waals surface area contributed by atoms with Crippen molar-refractivity contribution >= 4 is 44.9 Å². The molecule has 0 radical (unpaired) electrons. The number of hydrogen-bond donors (Lipinski definition) is 1. The maximum absolute atomic E-state index is 12.5. The fourth-order valence-corrected chi connectivity index (χ4v) is 3.35. The molecule has 5 nitrogen and oxygen atoms in total. The summed E-state index contributed by atoms with van der Waals surface area (Å²) in [5.74, 6) is -0.791. The molecule has 0 saturated carbocycles. The highest BCUT2D eigenvalue weighted by atomic mass is 79.9. The number of nitrogens with zero attached hydrogens (tertiary/aromatic N) is 1. The largest absolute Gasteiger partial charge is 0.326 e. The van der Waals surface area contributed by atoms with Crippen LogP contribution in [0.4, 0.5) is 11.4 Å². The molecular formula is C19H17BrN2O3. The molecule has 0 bridgehead atoms. The van der Waals surface area contributed by atoms with Crippen LogP contribution in [0.1, 0.15) is 23.7 Å². The molecule has 1 aliphatic rings. The van der Waals surface area contributed by atoms with E-state index in [1.54, 1.807) is 29.2 Å². The third-order valence-electron chi connectivity index (χ3n) is 4.18. The minimum Gasteiger partial charge on any atom is -0.326 e. The van der Waals surface area contributed by atoms with Gasteiger partial charge in [-0.25, -0.2) is 0 Å². The molecule has 2 aromatic rings. The van der Waals surface area contributed by atoms with Crippen molar-refractivity contribution in [3.05, 3.63) is 58.6 Å². The van der Waals surface area contributed by atoms with Gasteiger partial charge in [0, 0.05) is 28.7 Å². The number of nitrogens with one attached hydrogen (secondary N) is 1. The topological polar surface area (TPSA) is 66.5 Å². The molecule has 1 saturated heterocycles. The first-order valence-corrected chi connectivity index (χ1v) is 8.72. The Morgan fingerprint density at radius 1 is 1.16 bits per heavy atom. The zero-order chi connectivity index (χ0) is 18.0. The number of ketones is 1. The summed E-state index contributed by atoms with van der Waals surface area (Å²) in [6.07, 6.45) is 0.166. The Bertz CT molecular complexity index is 850. The Hall–Kier alpha value is -2.47. The first-order chi connectivity index (χ1) is 12.0. The van der Waals surface area contributed by atoms with E-state index >= 15 is 0 Å². The minimum absolute atomic E-state index is 0.0627. The zero-order valence-electron chi connectivity index (χ0n) is 13.7. The predicted molar refractivity (Wildman–Crippen MR) is 99.7 cm³/mol. The standard InChI is InChI=1S/C19H17BrN2O3/c1-12(23)13-5-4-6-15(9-13)21-19(25)14-10-18(24)22(11-14)17-8-3-2-7-16(17)20/h2-9,14H,10-11H2,1H3,(H,21,25). The lowest BCUT2D eigenvalue weighted by atomic mass is 10.1. The van der Waals surface area contributed by atoms with Crippen LogP contribution in [0.2, 0.25) is 0 Å². The molecule has 6 heteroatoms. The van der Waals surface area contributed by atoms with Crippen LogP contribution in [-0.4, -0.2) is 24.1 Å². The number of para-hydroxylation sites is 1. The van der Waals surface area contributed by atoms with Gasteiger partial charge in [-0.3, -0.25) is 14.4 Å². The van der Waals surface area contributed by atoms with Gasteiger partial charge in [0.25, 0.3) is 0 Å². The van der Waals surface area contributed by atoms with E-state index in [4.69, 9.17) is 0 Å². The van der Waals surface area contributed by atoms with Crippen LogP contribution in [0.15, 0.2) is 53.0 Å². The van der Waals surface area contributed by atoms with Gasteiger partial charge in [-0.05, 0) is 47.1 Å². The second-order valence-corrected chi connectivity index (χ2v) is 6.84. The molecule has 2 aromatic carbocycles. The molecule has 1 aliphatic heterocycles. The Morgan fingerprint density at radius 3 is 2.64 bits per heavy atom. The molecule has 1 atom stereocenters. The third-order valence-corrected chi connectivity index (χ3v) is 4.85. The average Bonchev–Trinajstić information content (AvgIpc) is 2.97. The molecule has 128 valence electrons. The second kappa shape index (κ2) is 7.19. The summed E-state index contributed by atoms with van der Waals surface area (Å²) < 4.78 is 0.818. The number of anilines is 2. The summed E-state index contributed by atoms with van der Waals surface area (Å²) in [7, 11) is 0. The summed E-state index contributed by atoms with van der Waals surface area (Å²) >= 11 is 3.44. The third kappa shape index (κ3) is 3.79. The van der Waals surface area contributed by atoms with Gasteiger partial charge in [0.1, 0.15) is 0 Å². The van der Waals surface area contributed by atoms with Crippen molar-refractivity contribution in [1.82, 2.24) is 0 Å². The molecule has 0 spiro atoms. The molecule has 3 rings (SSSR count). The molecule has 1 fully saturated rings. The van der Waals surface area contributed by atoms with Gasteiger partial charge in [0.15, 0.2) is 5.78 Å². The lowest BCUT2D eigenvalue weighted by molar-refractivity contribution is -0.122. The Kier molecular flexibility index (Phi) is 4.99. The number of amides is 2. The first kappa shape index (κ1) is 17.4. The molecule has 25 heavy (non-hydrogen) atoms. The monoisotopic (exact) mass is 400 g/mol. The molecule has 1 unspecified atom stereocenters. The maximum Gasteiger partial charge on any atom is 0.229 e. The number of carbonyl (C=O) groups is 3. The lowest BCUT2D eigenvalue weighted by Gasteiger charge is -2.18. The number of hydrogen-bond acceptors (Lipinski definition) is 3. The van der Waals surface area contributed by atoms with Gasteiger partial charge in [0.05, 0.1) is 11.6 Å². The van der Waals surface area contributed by atoms with E-state index in [9.17, 15) is 14.4 Å². The predicted octanol–water partition coefficient (Wildman–Crippen LogP) is 3.64. The lowest BCUT2D eigenvalue weighted by Crippen LogP contribution is -2.28. The molecule has 1 N–H and O–H groups in total. The average molecular weight is 401 g/mol. The highest BCUT2D eigenvalue weighted by Crippen LogP contribution is 2.31. The van der Waals surface area contributed by atoms with Gasteiger partial charge < -0.3 is 10.2 Å². The van der Waals surface area contributed by atoms with Crippen LogP contribution < -0.4 is 10.2 Å². The van der Waals surface area contributed by atoms with Crippen LogP contribution in [0.3, 0.4) is 0 Å². The highest BCUT2D eigenvalue weighted by Gasteiger charge is 2.35. The molecule has 2 amide bonds. The van der Waals surface area contributed by atoms with Crippen molar-refractivity contribution in [2.24, 2.45) is 5.92 Å². The fourth-order valence-electron chi connectivity index (χ4n) is 2.85. The van der Waals surface area contributed by atoms with E-state index in [0.29, 0.717) is 17.8 Å². The number of carbonyl (C=O) groups excluding carboxylic acids is 3. The van der Waals surface area contributed by atoms with Crippen molar-refractivity contribution in [3.63, 3.8) is 0 Å². The van der Waals surface area contributed by atoms with E-state index in [1.807, 2.05) is 24.3 Å². The van der Waals surface area contributed by atoms with E-state index in [1.165, 1.54) is 6.92 Å². The Morgan fingerprint density at radius 2 is 1.92 bits per heavy atom. The molecule has 0 aromatic heterocycles. The van der Waals surface area contributed by atoms with Crippen molar-refractivity contribution < 1.29 is 14.4 Å². The summed E-state index contributed by atoms with van der Waals surface area (Å²) in [4.78, 5) is 37.9. The van der Waals surface area contributed by atoms with Gasteiger partial charge in [-0.2, -0.15) is 0 Å². The van der Waals surface area contributed by atoms with Gasteiger partial charge in [0.2, 0.25) is 11.8 Å². The number of Topliss-reactive ketones (excluding diaryl/α,β-unsaturated/α-hetero) is 1. The van der Waals surface area contributed by atoms with Crippen molar-refractivity contribution in [1.29, 1.82) is 0 Å². The van der Waals surface area contributed by atoms with Crippen molar-refractivity contribution in [2.75, 3.05) is 16.8 Å². The van der Waals surface area contributed by atoms with Crippen molar-refractivity contribution in [3.8, 4) is 0 Å². The van der Waals surface area contributed by atoms with E-state index in [2.05, 4.69) is 21.2 Å². The van der Waals surface area contributed by atoms with Crippen LogP contribution in [0, 0.1) is 5.92 Å². The molecule has 1 heterocycles. The number of halogens is 1. The van der Waals surface area contributed by atoms with Crippen LogP contribution in [0.5, 0.6) is 0 Å². The number of benzene rings is 2. The minimum atomic E-state index is -0.430. The normalized spacial score (nSPS) is 16.8. The first-order valence-electron chi connectivity index (χ1n) is 7.92. The maximum atomic E-state index is 12.5. The van der Waals surface area contributed by atoms with Gasteiger partial charge in [-0.15, -0.1) is 0 Å². The summed E-state index contributed by atoms with van der Waals surface area (Å²) in [6, 6.07) is 14.2. The second-order valence-electron chi connectivity index (χ2n) is 5.98. The fraction of sp³-hybridized carbons (Fsp3) is 0.211. The van der Waals surface area contributed by atoms with E-state index < -0.39 is 5.92 Å². The highest BCUT2D eigenvalue weighted by molar-refractivity contribution is 9.10. The van der Waals surface area contributed by atoms with Crippen LogP contribution in [0.25, 0.3) is 0 Å². The van der Waals surface area contributed by atoms with Gasteiger partial charge in [-0.1, -0.05) is 24.3 Å². The van der Waals surface area contributed by atoms with Crippen molar-refractivity contribution in [2.45, 2.75) is 13.3 Å². The molecule has 0 aliphatic carbocycles. The van der Waals surface area contributed by atoms with Gasteiger partial charge >= 0.3 is 0 Å². The summed E-state index contributed by atoms with van der Waals surface area (Å²) in [5.41, 5.74) is 1.86. The summed E-state index contributed by atoms with van der Waals surface area (Å²) in [6.45, 7) is 1.81. The number of rotatable bonds is 4. The SMILES string of the molecule is CC(=O)c1cccc(NC(=O)C2CC(=O)N(c3ccccc3Br)C2)c1. The zero-order valence-corrected chi connectivity index (χ0v) is 15.2. The quantitative estimate of drug-likeness (QED) is 0.796. The van der Waals surface area contributed by atoms with E-state index in [0.717, 1.165) is 10.2 Å². The Balaban J connectivity index is 1.72. The Labute approximate surface area is 154 Å². The van der Waals surface area contributed by atoms with Crippen LogP contribution in [-0.2, 0) is 9.59 Å². The summed E-state index contributed by atoms with van der Waals surface area (Å²) in [5, 5.41) is 2.80. The molecular weight excluding hydrogens is 384 g/mol. The van der Waals surface area contributed by atoms with Crippen LogP contribution >= 0.6 is 15.9 Å². The smallest absolute Gasteiger partial charge is 0.229 e.